The van der Waals surface area contributed by atoms with Gasteiger partial charge in [0, 0.05) is 38.4 Å². The molecule has 0 radical (unpaired) electrons. The van der Waals surface area contributed by atoms with E-state index >= 15 is 0 Å². The van der Waals surface area contributed by atoms with Crippen molar-refractivity contribution in [2.75, 3.05) is 31.5 Å². The summed E-state index contributed by atoms with van der Waals surface area (Å²) in [7, 11) is 0. The first-order valence-electron chi connectivity index (χ1n) is 8.14. The molecule has 126 valence electrons. The van der Waals surface area contributed by atoms with Gasteiger partial charge in [-0.25, -0.2) is 14.2 Å². The summed E-state index contributed by atoms with van der Waals surface area (Å²) < 4.78 is 13.5. The predicted octanol–water partition coefficient (Wildman–Crippen LogP) is 3.07. The largest absolute Gasteiger partial charge is 0.323 e. The highest BCUT2D eigenvalue weighted by atomic mass is 32.1. The fourth-order valence-corrected chi connectivity index (χ4v) is 4.22. The zero-order valence-electron chi connectivity index (χ0n) is 13.2. The Bertz CT molecular complexity index is 722. The number of amides is 2. The van der Waals surface area contributed by atoms with E-state index in [0.29, 0.717) is 31.2 Å². The molecule has 0 spiro atoms. The fraction of sp³-hybridized carbons (Fsp3) is 0.412. The van der Waals surface area contributed by atoms with Crippen LogP contribution in [-0.4, -0.2) is 59.2 Å². The van der Waals surface area contributed by atoms with Gasteiger partial charge in [-0.05, 0) is 12.0 Å². The number of nitrogens with one attached hydrogen (secondary N) is 1. The minimum absolute atomic E-state index is 0.147. The average molecular weight is 346 g/mol. The van der Waals surface area contributed by atoms with E-state index < -0.39 is 6.17 Å². The number of hydrogen-bond donors (Lipinski definition) is 1. The van der Waals surface area contributed by atoms with Crippen molar-refractivity contribution in [3.63, 3.8) is 0 Å². The van der Waals surface area contributed by atoms with Crippen molar-refractivity contribution in [3.05, 3.63) is 36.5 Å². The van der Waals surface area contributed by atoms with E-state index in [0.717, 1.165) is 17.0 Å². The van der Waals surface area contributed by atoms with E-state index in [1.807, 2.05) is 30.3 Å². The maximum absolute atomic E-state index is 13.5. The summed E-state index contributed by atoms with van der Waals surface area (Å²) in [5, 5.41) is 3.47. The maximum Gasteiger partial charge on any atom is 0.323 e. The molecule has 2 aliphatic heterocycles. The van der Waals surface area contributed by atoms with Gasteiger partial charge in [0.1, 0.15) is 6.17 Å². The fourth-order valence-electron chi connectivity index (χ4n) is 3.40. The molecule has 1 aromatic carbocycles. The number of carbonyl (C=O) groups is 1. The van der Waals surface area contributed by atoms with Crippen LogP contribution in [0.3, 0.4) is 0 Å². The van der Waals surface area contributed by atoms with Crippen LogP contribution < -0.4 is 5.32 Å². The number of carbonyl (C=O) groups excluding carboxylic acids is 1. The Labute approximate surface area is 144 Å². The molecule has 2 saturated heterocycles. The summed E-state index contributed by atoms with van der Waals surface area (Å²) >= 11 is 1.46. The SMILES string of the molecule is O=C(Nc1ncc(-c2ccccc2)s1)N1CCN2C[C@@H](F)C[C@H]2C1. The number of halogens is 1. The molecule has 2 aliphatic rings. The summed E-state index contributed by atoms with van der Waals surface area (Å²) in [6.45, 7) is 2.47. The van der Waals surface area contributed by atoms with Gasteiger partial charge < -0.3 is 4.90 Å². The van der Waals surface area contributed by atoms with Crippen molar-refractivity contribution in [2.24, 2.45) is 0 Å². The molecule has 1 aromatic heterocycles. The number of nitrogens with zero attached hydrogens (tertiary/aromatic N) is 3. The topological polar surface area (TPSA) is 48.5 Å². The number of hydrogen-bond acceptors (Lipinski definition) is 4. The molecule has 2 atom stereocenters. The monoisotopic (exact) mass is 346 g/mol. The van der Waals surface area contributed by atoms with Gasteiger partial charge >= 0.3 is 6.03 Å². The molecule has 0 aliphatic carbocycles. The Morgan fingerprint density at radius 1 is 1.25 bits per heavy atom. The van der Waals surface area contributed by atoms with E-state index in [9.17, 15) is 9.18 Å². The third-order valence-electron chi connectivity index (χ3n) is 4.63. The van der Waals surface area contributed by atoms with Gasteiger partial charge in [0.05, 0.1) is 4.88 Å². The smallest absolute Gasteiger partial charge is 0.322 e. The third-order valence-corrected chi connectivity index (χ3v) is 5.59. The highest BCUT2D eigenvalue weighted by Gasteiger charge is 2.37. The van der Waals surface area contributed by atoms with Crippen LogP contribution in [0.2, 0.25) is 0 Å². The lowest BCUT2D eigenvalue weighted by molar-refractivity contribution is 0.123. The first-order chi connectivity index (χ1) is 11.7. The van der Waals surface area contributed by atoms with Crippen LogP contribution >= 0.6 is 11.3 Å². The molecule has 2 aromatic rings. The highest BCUT2D eigenvalue weighted by Crippen LogP contribution is 2.29. The quantitative estimate of drug-likeness (QED) is 0.909. The molecular formula is C17H19FN4OS. The van der Waals surface area contributed by atoms with E-state index in [2.05, 4.69) is 15.2 Å². The van der Waals surface area contributed by atoms with Crippen LogP contribution in [0.1, 0.15) is 6.42 Å². The Kier molecular flexibility index (Phi) is 4.20. The molecule has 0 bridgehead atoms. The summed E-state index contributed by atoms with van der Waals surface area (Å²) in [6, 6.07) is 9.97. The summed E-state index contributed by atoms with van der Waals surface area (Å²) in [5.41, 5.74) is 1.09. The number of thiazole rings is 1. The second kappa shape index (κ2) is 6.49. The summed E-state index contributed by atoms with van der Waals surface area (Å²) in [6.07, 6.45) is 1.54. The second-order valence-corrected chi connectivity index (χ2v) is 7.28. The van der Waals surface area contributed by atoms with Crippen LogP contribution in [0, 0.1) is 0 Å². The average Bonchev–Trinajstić information content (AvgIpc) is 3.20. The third kappa shape index (κ3) is 3.14. The molecule has 0 saturated carbocycles. The van der Waals surface area contributed by atoms with Crippen molar-refractivity contribution in [3.8, 4) is 10.4 Å². The van der Waals surface area contributed by atoms with Crippen LogP contribution in [0.25, 0.3) is 10.4 Å². The van der Waals surface area contributed by atoms with Crippen molar-refractivity contribution >= 4 is 22.5 Å². The molecule has 1 N–H and O–H groups in total. The number of rotatable bonds is 2. The van der Waals surface area contributed by atoms with E-state index in [4.69, 9.17) is 0 Å². The van der Waals surface area contributed by atoms with Gasteiger partial charge in [-0.1, -0.05) is 41.7 Å². The predicted molar refractivity (Wildman–Crippen MR) is 93.0 cm³/mol. The van der Waals surface area contributed by atoms with E-state index in [-0.39, 0.29) is 12.1 Å². The van der Waals surface area contributed by atoms with Crippen molar-refractivity contribution in [1.29, 1.82) is 0 Å². The molecule has 7 heteroatoms. The van der Waals surface area contributed by atoms with Gasteiger partial charge in [0.25, 0.3) is 0 Å². The van der Waals surface area contributed by atoms with Crippen molar-refractivity contribution in [1.82, 2.24) is 14.8 Å². The minimum atomic E-state index is -0.759. The zero-order chi connectivity index (χ0) is 16.5. The Hall–Kier alpha value is -1.99. The molecule has 4 rings (SSSR count). The van der Waals surface area contributed by atoms with Crippen LogP contribution in [0.15, 0.2) is 36.5 Å². The standard InChI is InChI=1S/C17H19FN4OS/c18-13-8-14-11-22(7-6-21(14)10-13)17(23)20-16-19-9-15(24-16)12-4-2-1-3-5-12/h1-5,9,13-14H,6-8,10-11H2,(H,19,20,23)/t13-,14-/m0/s1. The van der Waals surface area contributed by atoms with Crippen LogP contribution in [0.4, 0.5) is 14.3 Å². The summed E-state index contributed by atoms with van der Waals surface area (Å²) in [4.78, 5) is 21.7. The van der Waals surface area contributed by atoms with Crippen molar-refractivity contribution in [2.45, 2.75) is 18.6 Å². The lowest BCUT2D eigenvalue weighted by atomic mass is 10.1. The number of fused-ring (bicyclic) bond motifs is 1. The van der Waals surface area contributed by atoms with Gasteiger partial charge in [-0.3, -0.25) is 10.2 Å². The lowest BCUT2D eigenvalue weighted by Crippen LogP contribution is -2.53. The number of anilines is 1. The van der Waals surface area contributed by atoms with Crippen molar-refractivity contribution < 1.29 is 9.18 Å². The maximum atomic E-state index is 13.5. The molecular weight excluding hydrogens is 327 g/mol. The summed E-state index contributed by atoms with van der Waals surface area (Å²) in [5.74, 6) is 0. The second-order valence-electron chi connectivity index (χ2n) is 6.25. The number of urea groups is 1. The van der Waals surface area contributed by atoms with Gasteiger partial charge in [0.2, 0.25) is 0 Å². The Morgan fingerprint density at radius 2 is 2.08 bits per heavy atom. The molecule has 2 amide bonds. The molecule has 2 fully saturated rings. The Balaban J connectivity index is 1.39. The highest BCUT2D eigenvalue weighted by molar-refractivity contribution is 7.19. The van der Waals surface area contributed by atoms with E-state index in [1.54, 1.807) is 11.1 Å². The first-order valence-corrected chi connectivity index (χ1v) is 8.96. The Morgan fingerprint density at radius 3 is 2.92 bits per heavy atom. The lowest BCUT2D eigenvalue weighted by Gasteiger charge is -2.36. The number of alkyl halides is 1. The van der Waals surface area contributed by atoms with Gasteiger partial charge in [0.15, 0.2) is 5.13 Å². The van der Waals surface area contributed by atoms with E-state index in [1.165, 1.54) is 11.3 Å². The normalized spacial score (nSPS) is 24.0. The molecule has 0 unspecified atom stereocenters. The van der Waals surface area contributed by atoms with Crippen LogP contribution in [0.5, 0.6) is 0 Å². The molecule has 3 heterocycles. The molecule has 5 nitrogen and oxygen atoms in total. The number of benzene rings is 1. The van der Waals surface area contributed by atoms with Crippen LogP contribution in [-0.2, 0) is 0 Å². The first kappa shape index (κ1) is 15.5. The molecule has 24 heavy (non-hydrogen) atoms. The zero-order valence-corrected chi connectivity index (χ0v) is 14.0. The minimum Gasteiger partial charge on any atom is -0.322 e. The van der Waals surface area contributed by atoms with Gasteiger partial charge in [-0.2, -0.15) is 0 Å². The number of aromatic nitrogens is 1. The van der Waals surface area contributed by atoms with Gasteiger partial charge in [-0.15, -0.1) is 0 Å². The number of piperazine rings is 1.